The van der Waals surface area contributed by atoms with Crippen LogP contribution in [0.4, 0.5) is 5.69 Å². The highest BCUT2D eigenvalue weighted by atomic mass is 35.5. The maximum Gasteiger partial charge on any atom is 0.288 e. The Kier molecular flexibility index (Phi) is 6.14. The van der Waals surface area contributed by atoms with Gasteiger partial charge in [0.2, 0.25) is 0 Å². The zero-order valence-corrected chi connectivity index (χ0v) is 11.8. The van der Waals surface area contributed by atoms with E-state index in [0.29, 0.717) is 13.2 Å². The second-order valence-corrected chi connectivity index (χ2v) is 4.54. The van der Waals surface area contributed by atoms with Crippen LogP contribution < -0.4 is 5.32 Å². The van der Waals surface area contributed by atoms with Gasteiger partial charge < -0.3 is 10.1 Å². The number of nitrogens with zero attached hydrogens (tertiary/aromatic N) is 1. The van der Waals surface area contributed by atoms with E-state index in [-0.39, 0.29) is 22.8 Å². The van der Waals surface area contributed by atoms with Gasteiger partial charge in [0.25, 0.3) is 11.6 Å². The standard InChI is InChI=1S/C13H15ClN2O4/c1-9(2)8-20-7-6-15-13(17)10-4-3-5-11(12(10)14)16(18)19/h3-5H,1,6-8H2,2H3,(H,15,17). The Balaban J connectivity index is 2.58. The molecule has 0 saturated carbocycles. The van der Waals surface area contributed by atoms with E-state index in [1.54, 1.807) is 0 Å². The van der Waals surface area contributed by atoms with Gasteiger partial charge in [-0.3, -0.25) is 14.9 Å². The van der Waals surface area contributed by atoms with Crippen LogP contribution in [0.3, 0.4) is 0 Å². The Labute approximate surface area is 121 Å². The number of halogens is 1. The van der Waals surface area contributed by atoms with Gasteiger partial charge >= 0.3 is 0 Å². The first-order valence-electron chi connectivity index (χ1n) is 5.86. The van der Waals surface area contributed by atoms with Gasteiger partial charge in [0, 0.05) is 12.6 Å². The number of hydrogen-bond donors (Lipinski definition) is 1. The molecule has 108 valence electrons. The van der Waals surface area contributed by atoms with Crippen LogP contribution in [0.15, 0.2) is 30.4 Å². The predicted molar refractivity (Wildman–Crippen MR) is 76.1 cm³/mol. The van der Waals surface area contributed by atoms with Gasteiger partial charge in [0.15, 0.2) is 0 Å². The monoisotopic (exact) mass is 298 g/mol. The molecule has 1 aromatic carbocycles. The van der Waals surface area contributed by atoms with Crippen molar-refractivity contribution in [3.8, 4) is 0 Å². The second kappa shape index (κ2) is 7.62. The Morgan fingerprint density at radius 2 is 2.25 bits per heavy atom. The maximum atomic E-state index is 11.8. The van der Waals surface area contributed by atoms with E-state index in [0.717, 1.165) is 5.57 Å². The summed E-state index contributed by atoms with van der Waals surface area (Å²) in [6.07, 6.45) is 0. The number of nitro groups is 1. The molecule has 0 aliphatic heterocycles. The summed E-state index contributed by atoms with van der Waals surface area (Å²) in [4.78, 5) is 21.9. The van der Waals surface area contributed by atoms with Crippen LogP contribution >= 0.6 is 11.6 Å². The summed E-state index contributed by atoms with van der Waals surface area (Å²) in [5.41, 5.74) is 0.664. The van der Waals surface area contributed by atoms with Crippen molar-refractivity contribution >= 4 is 23.2 Å². The number of carbonyl (C=O) groups excluding carboxylic acids is 1. The molecule has 6 nitrogen and oxygen atoms in total. The van der Waals surface area contributed by atoms with Crippen molar-refractivity contribution in [2.75, 3.05) is 19.8 Å². The molecule has 0 saturated heterocycles. The van der Waals surface area contributed by atoms with Crippen LogP contribution in [-0.2, 0) is 4.74 Å². The summed E-state index contributed by atoms with van der Waals surface area (Å²) in [7, 11) is 0. The van der Waals surface area contributed by atoms with Crippen molar-refractivity contribution in [2.45, 2.75) is 6.92 Å². The van der Waals surface area contributed by atoms with E-state index in [1.165, 1.54) is 18.2 Å². The van der Waals surface area contributed by atoms with Gasteiger partial charge in [-0.25, -0.2) is 0 Å². The molecule has 1 amide bonds. The molecular formula is C13H15ClN2O4. The van der Waals surface area contributed by atoms with E-state index in [2.05, 4.69) is 11.9 Å². The third-order valence-electron chi connectivity index (χ3n) is 2.30. The van der Waals surface area contributed by atoms with Crippen LogP contribution in [0.1, 0.15) is 17.3 Å². The minimum atomic E-state index is -0.630. The normalized spacial score (nSPS) is 10.1. The predicted octanol–water partition coefficient (Wildman–Crippen LogP) is 2.57. The van der Waals surface area contributed by atoms with Crippen molar-refractivity contribution < 1.29 is 14.5 Å². The maximum absolute atomic E-state index is 11.8. The second-order valence-electron chi connectivity index (χ2n) is 4.16. The van der Waals surface area contributed by atoms with Gasteiger partial charge in [0.05, 0.1) is 23.7 Å². The summed E-state index contributed by atoms with van der Waals surface area (Å²) in [5.74, 6) is -0.474. The lowest BCUT2D eigenvalue weighted by molar-refractivity contribution is -0.384. The molecule has 1 aromatic rings. The molecule has 1 rings (SSSR count). The highest BCUT2D eigenvalue weighted by molar-refractivity contribution is 6.35. The van der Waals surface area contributed by atoms with E-state index >= 15 is 0 Å². The van der Waals surface area contributed by atoms with Crippen LogP contribution in [0.25, 0.3) is 0 Å². The number of rotatable bonds is 7. The van der Waals surface area contributed by atoms with Crippen molar-refractivity contribution in [2.24, 2.45) is 0 Å². The number of ether oxygens (including phenoxy) is 1. The fourth-order valence-electron chi connectivity index (χ4n) is 1.41. The van der Waals surface area contributed by atoms with E-state index in [1.807, 2.05) is 6.92 Å². The Hall–Kier alpha value is -1.92. The molecule has 0 heterocycles. The third kappa shape index (κ3) is 4.64. The SMILES string of the molecule is C=C(C)COCCNC(=O)c1cccc([N+](=O)[O-])c1Cl. The molecular weight excluding hydrogens is 284 g/mol. The van der Waals surface area contributed by atoms with Crippen LogP contribution in [0, 0.1) is 10.1 Å². The van der Waals surface area contributed by atoms with Crippen LogP contribution in [0.5, 0.6) is 0 Å². The summed E-state index contributed by atoms with van der Waals surface area (Å²) in [6, 6.07) is 4.09. The van der Waals surface area contributed by atoms with Crippen molar-refractivity contribution in [1.29, 1.82) is 0 Å². The quantitative estimate of drug-likeness (QED) is 0.363. The fourth-order valence-corrected chi connectivity index (χ4v) is 1.70. The largest absolute Gasteiger partial charge is 0.375 e. The van der Waals surface area contributed by atoms with Gasteiger partial charge in [0.1, 0.15) is 5.02 Å². The lowest BCUT2D eigenvalue weighted by Gasteiger charge is -2.07. The molecule has 0 radical (unpaired) electrons. The van der Waals surface area contributed by atoms with Gasteiger partial charge in [-0.1, -0.05) is 29.8 Å². The smallest absolute Gasteiger partial charge is 0.288 e. The first-order valence-corrected chi connectivity index (χ1v) is 6.24. The minimum absolute atomic E-state index is 0.0702. The molecule has 0 bridgehead atoms. The number of nitro benzene ring substituents is 1. The van der Waals surface area contributed by atoms with Crippen molar-refractivity contribution in [3.05, 3.63) is 51.1 Å². The molecule has 0 aliphatic rings. The van der Waals surface area contributed by atoms with Crippen LogP contribution in [-0.4, -0.2) is 30.6 Å². The first kappa shape index (κ1) is 16.1. The van der Waals surface area contributed by atoms with Gasteiger partial charge in [-0.15, -0.1) is 0 Å². The number of nitrogens with one attached hydrogen (secondary N) is 1. The molecule has 1 N–H and O–H groups in total. The van der Waals surface area contributed by atoms with Crippen molar-refractivity contribution in [1.82, 2.24) is 5.32 Å². The first-order chi connectivity index (χ1) is 9.43. The van der Waals surface area contributed by atoms with E-state index < -0.39 is 10.8 Å². The molecule has 0 fully saturated rings. The summed E-state index contributed by atoms with van der Waals surface area (Å²) in [6.45, 7) is 6.55. The molecule has 0 spiro atoms. The van der Waals surface area contributed by atoms with Gasteiger partial charge in [-0.2, -0.15) is 0 Å². The molecule has 0 unspecified atom stereocenters. The number of amides is 1. The lowest BCUT2D eigenvalue weighted by Crippen LogP contribution is -2.27. The zero-order valence-electron chi connectivity index (χ0n) is 11.0. The Bertz CT molecular complexity index is 531. The summed E-state index contributed by atoms with van der Waals surface area (Å²) < 4.78 is 5.22. The highest BCUT2D eigenvalue weighted by Gasteiger charge is 2.19. The van der Waals surface area contributed by atoms with E-state index in [9.17, 15) is 14.9 Å². The Morgan fingerprint density at radius 3 is 2.85 bits per heavy atom. The average Bonchev–Trinajstić information content (AvgIpc) is 2.37. The van der Waals surface area contributed by atoms with Gasteiger partial charge in [-0.05, 0) is 13.0 Å². The summed E-state index contributed by atoms with van der Waals surface area (Å²) >= 11 is 5.83. The molecule has 0 atom stereocenters. The third-order valence-corrected chi connectivity index (χ3v) is 2.70. The highest BCUT2D eigenvalue weighted by Crippen LogP contribution is 2.27. The molecule has 0 aliphatic carbocycles. The molecule has 20 heavy (non-hydrogen) atoms. The van der Waals surface area contributed by atoms with Crippen LogP contribution in [0.2, 0.25) is 5.02 Å². The van der Waals surface area contributed by atoms with Crippen molar-refractivity contribution in [3.63, 3.8) is 0 Å². The fraction of sp³-hybridized carbons (Fsp3) is 0.308. The zero-order chi connectivity index (χ0) is 15.1. The molecule has 7 heteroatoms. The Morgan fingerprint density at radius 1 is 1.55 bits per heavy atom. The minimum Gasteiger partial charge on any atom is -0.375 e. The molecule has 0 aromatic heterocycles. The number of carbonyl (C=O) groups is 1. The summed E-state index contributed by atoms with van der Waals surface area (Å²) in [5, 5.41) is 13.1. The van der Waals surface area contributed by atoms with E-state index in [4.69, 9.17) is 16.3 Å². The number of hydrogen-bond acceptors (Lipinski definition) is 4. The lowest BCUT2D eigenvalue weighted by atomic mass is 10.2. The topological polar surface area (TPSA) is 81.5 Å². The average molecular weight is 299 g/mol. The number of benzene rings is 1.